The average Bonchev–Trinajstić information content (AvgIpc) is 2.27. The SMILES string of the molecule is COc1cc(C=O)nc(CBr)c1OC(F)(F)F. The van der Waals surface area contributed by atoms with E-state index in [1.54, 1.807) is 0 Å². The first kappa shape index (κ1) is 13.8. The number of ether oxygens (including phenoxy) is 2. The van der Waals surface area contributed by atoms with Gasteiger partial charge in [0.2, 0.25) is 0 Å². The van der Waals surface area contributed by atoms with Crippen molar-refractivity contribution in [2.75, 3.05) is 7.11 Å². The summed E-state index contributed by atoms with van der Waals surface area (Å²) in [6.45, 7) is 0. The quantitative estimate of drug-likeness (QED) is 0.633. The van der Waals surface area contributed by atoms with Crippen molar-refractivity contribution in [2.24, 2.45) is 0 Å². The third kappa shape index (κ3) is 3.58. The van der Waals surface area contributed by atoms with E-state index in [2.05, 4.69) is 25.7 Å². The zero-order chi connectivity index (χ0) is 13.1. The number of pyridine rings is 1. The summed E-state index contributed by atoms with van der Waals surface area (Å²) in [5.74, 6) is -0.753. The fraction of sp³-hybridized carbons (Fsp3) is 0.333. The van der Waals surface area contributed by atoms with Gasteiger partial charge in [0.1, 0.15) is 5.69 Å². The molecule has 4 nitrogen and oxygen atoms in total. The summed E-state index contributed by atoms with van der Waals surface area (Å²) in [5.41, 5.74) is -0.102. The van der Waals surface area contributed by atoms with Gasteiger partial charge in [0.15, 0.2) is 17.8 Å². The van der Waals surface area contributed by atoms with E-state index < -0.39 is 12.1 Å². The standard InChI is InChI=1S/C9H7BrF3NO3/c1-16-7-2-5(4-15)14-6(3-10)8(7)17-9(11,12)13/h2,4H,3H2,1H3. The largest absolute Gasteiger partial charge is 0.573 e. The Morgan fingerprint density at radius 1 is 1.53 bits per heavy atom. The molecule has 0 aliphatic carbocycles. The molecule has 0 amide bonds. The number of aromatic nitrogens is 1. The molecule has 0 saturated carbocycles. The first-order chi connectivity index (χ1) is 7.91. The number of hydrogen-bond acceptors (Lipinski definition) is 4. The van der Waals surface area contributed by atoms with Gasteiger partial charge in [0.05, 0.1) is 12.8 Å². The second kappa shape index (κ2) is 5.35. The summed E-state index contributed by atoms with van der Waals surface area (Å²) < 4.78 is 45.0. The van der Waals surface area contributed by atoms with E-state index in [-0.39, 0.29) is 22.5 Å². The number of rotatable bonds is 4. The number of carbonyl (C=O) groups excluding carboxylic acids is 1. The summed E-state index contributed by atoms with van der Waals surface area (Å²) in [5, 5.41) is -0.00352. The molecule has 1 aromatic rings. The van der Waals surface area contributed by atoms with Gasteiger partial charge < -0.3 is 9.47 Å². The molecule has 0 radical (unpaired) electrons. The highest BCUT2D eigenvalue weighted by atomic mass is 79.9. The predicted octanol–water partition coefficient (Wildman–Crippen LogP) is 2.70. The topological polar surface area (TPSA) is 48.4 Å². The zero-order valence-corrected chi connectivity index (χ0v) is 10.1. The van der Waals surface area contributed by atoms with Crippen LogP contribution in [-0.2, 0) is 5.33 Å². The average molecular weight is 314 g/mol. The fourth-order valence-corrected chi connectivity index (χ4v) is 1.49. The molecule has 0 unspecified atom stereocenters. The Morgan fingerprint density at radius 2 is 2.18 bits per heavy atom. The fourth-order valence-electron chi connectivity index (χ4n) is 1.11. The first-order valence-electron chi connectivity index (χ1n) is 4.26. The number of nitrogens with zero attached hydrogens (tertiary/aromatic N) is 1. The van der Waals surface area contributed by atoms with Crippen molar-refractivity contribution in [3.63, 3.8) is 0 Å². The van der Waals surface area contributed by atoms with Crippen molar-refractivity contribution < 1.29 is 27.4 Å². The maximum absolute atomic E-state index is 12.2. The Balaban J connectivity index is 3.29. The maximum Gasteiger partial charge on any atom is 0.573 e. The van der Waals surface area contributed by atoms with Crippen LogP contribution in [0.2, 0.25) is 0 Å². The summed E-state index contributed by atoms with van der Waals surface area (Å²) >= 11 is 2.96. The Bertz CT molecular complexity index is 397. The van der Waals surface area contributed by atoms with Gasteiger partial charge in [-0.05, 0) is 0 Å². The Morgan fingerprint density at radius 3 is 2.59 bits per heavy atom. The third-order valence-electron chi connectivity index (χ3n) is 1.71. The van der Waals surface area contributed by atoms with E-state index in [4.69, 9.17) is 4.74 Å². The second-order valence-corrected chi connectivity index (χ2v) is 3.39. The van der Waals surface area contributed by atoms with Gasteiger partial charge >= 0.3 is 6.36 Å². The van der Waals surface area contributed by atoms with Crippen LogP contribution in [0.1, 0.15) is 16.2 Å². The van der Waals surface area contributed by atoms with Gasteiger partial charge in [0.25, 0.3) is 0 Å². The van der Waals surface area contributed by atoms with E-state index >= 15 is 0 Å². The third-order valence-corrected chi connectivity index (χ3v) is 2.25. The molecule has 0 aliphatic rings. The van der Waals surface area contributed by atoms with Crippen molar-refractivity contribution in [3.8, 4) is 11.5 Å². The second-order valence-electron chi connectivity index (χ2n) is 2.82. The Kier molecular flexibility index (Phi) is 4.33. The van der Waals surface area contributed by atoms with E-state index in [0.717, 1.165) is 6.07 Å². The smallest absolute Gasteiger partial charge is 0.493 e. The molecule has 0 spiro atoms. The van der Waals surface area contributed by atoms with Crippen LogP contribution in [0.25, 0.3) is 0 Å². The van der Waals surface area contributed by atoms with Gasteiger partial charge in [-0.1, -0.05) is 15.9 Å². The maximum atomic E-state index is 12.2. The van der Waals surface area contributed by atoms with Gasteiger partial charge in [0, 0.05) is 11.4 Å². The van der Waals surface area contributed by atoms with Crippen molar-refractivity contribution in [3.05, 3.63) is 17.5 Å². The van der Waals surface area contributed by atoms with Crippen molar-refractivity contribution >= 4 is 22.2 Å². The molecule has 1 rings (SSSR count). The molecule has 0 bridgehead atoms. The number of halogens is 4. The molecule has 0 N–H and O–H groups in total. The van der Waals surface area contributed by atoms with Crippen LogP contribution in [0.4, 0.5) is 13.2 Å². The van der Waals surface area contributed by atoms with E-state index in [9.17, 15) is 18.0 Å². The molecule has 0 saturated heterocycles. The summed E-state index contributed by atoms with van der Waals surface area (Å²) in [6.07, 6.45) is -4.44. The number of alkyl halides is 4. The molecule has 94 valence electrons. The number of carbonyl (C=O) groups is 1. The van der Waals surface area contributed by atoms with Crippen molar-refractivity contribution in [1.82, 2.24) is 4.98 Å². The lowest BCUT2D eigenvalue weighted by Gasteiger charge is -2.15. The number of aldehydes is 1. The molecular weight excluding hydrogens is 307 g/mol. The molecule has 0 atom stereocenters. The van der Waals surface area contributed by atoms with E-state index in [0.29, 0.717) is 6.29 Å². The van der Waals surface area contributed by atoms with Crippen LogP contribution in [-0.4, -0.2) is 24.7 Å². The lowest BCUT2D eigenvalue weighted by Crippen LogP contribution is -2.19. The first-order valence-corrected chi connectivity index (χ1v) is 5.38. The highest BCUT2D eigenvalue weighted by Gasteiger charge is 2.34. The zero-order valence-electron chi connectivity index (χ0n) is 8.55. The van der Waals surface area contributed by atoms with Gasteiger partial charge in [-0.15, -0.1) is 13.2 Å². The molecule has 8 heteroatoms. The highest BCUT2D eigenvalue weighted by molar-refractivity contribution is 9.08. The minimum atomic E-state index is -4.85. The van der Waals surface area contributed by atoms with Crippen molar-refractivity contribution in [2.45, 2.75) is 11.7 Å². The van der Waals surface area contributed by atoms with Crippen LogP contribution in [0, 0.1) is 0 Å². The number of hydrogen-bond donors (Lipinski definition) is 0. The van der Waals surface area contributed by atoms with Crippen LogP contribution >= 0.6 is 15.9 Å². The van der Waals surface area contributed by atoms with E-state index in [1.807, 2.05) is 0 Å². The minimum absolute atomic E-state index is 0.00352. The minimum Gasteiger partial charge on any atom is -0.493 e. The van der Waals surface area contributed by atoms with Crippen LogP contribution < -0.4 is 9.47 Å². The normalized spacial score (nSPS) is 11.1. The summed E-state index contributed by atoms with van der Waals surface area (Å²) in [4.78, 5) is 14.2. The lowest BCUT2D eigenvalue weighted by atomic mass is 10.2. The predicted molar refractivity (Wildman–Crippen MR) is 55.5 cm³/mol. The number of methoxy groups -OCH3 is 1. The molecule has 0 aromatic carbocycles. The van der Waals surface area contributed by atoms with Crippen LogP contribution in [0.15, 0.2) is 6.07 Å². The summed E-state index contributed by atoms with van der Waals surface area (Å²) in [7, 11) is 1.17. The Hall–Kier alpha value is -1.31. The summed E-state index contributed by atoms with van der Waals surface area (Å²) in [6, 6.07) is 1.07. The lowest BCUT2D eigenvalue weighted by molar-refractivity contribution is -0.275. The monoisotopic (exact) mass is 313 g/mol. The van der Waals surface area contributed by atoms with Gasteiger partial charge in [-0.2, -0.15) is 0 Å². The molecular formula is C9H7BrF3NO3. The molecule has 0 aliphatic heterocycles. The van der Waals surface area contributed by atoms with Crippen LogP contribution in [0.5, 0.6) is 11.5 Å². The molecule has 1 aromatic heterocycles. The van der Waals surface area contributed by atoms with Gasteiger partial charge in [-0.3, -0.25) is 4.79 Å². The molecule has 0 fully saturated rings. The van der Waals surface area contributed by atoms with Crippen LogP contribution in [0.3, 0.4) is 0 Å². The highest BCUT2D eigenvalue weighted by Crippen LogP contribution is 2.35. The van der Waals surface area contributed by atoms with E-state index in [1.165, 1.54) is 7.11 Å². The molecule has 1 heterocycles. The molecule has 17 heavy (non-hydrogen) atoms. The van der Waals surface area contributed by atoms with Crippen molar-refractivity contribution in [1.29, 1.82) is 0 Å². The van der Waals surface area contributed by atoms with Gasteiger partial charge in [-0.25, -0.2) is 4.98 Å². The Labute approximate surface area is 103 Å².